The highest BCUT2D eigenvalue weighted by Gasteiger charge is 2.48. The average molecular weight is 608 g/mol. The number of anilines is 1. The van der Waals surface area contributed by atoms with Gasteiger partial charge in [-0.3, -0.25) is 14.5 Å². The first-order chi connectivity index (χ1) is 19.9. The van der Waals surface area contributed by atoms with E-state index < -0.39 is 17.7 Å². The van der Waals surface area contributed by atoms with Crippen molar-refractivity contribution >= 4 is 57.3 Å². The van der Waals surface area contributed by atoms with E-state index in [1.54, 1.807) is 48.5 Å². The van der Waals surface area contributed by atoms with Gasteiger partial charge >= 0.3 is 5.91 Å². The maximum Gasteiger partial charge on any atom is 0.301 e. The molecule has 1 fully saturated rings. The van der Waals surface area contributed by atoms with E-state index in [2.05, 4.69) is 10.2 Å². The number of benzene rings is 3. The van der Waals surface area contributed by atoms with Crippen molar-refractivity contribution in [1.29, 1.82) is 0 Å². The lowest BCUT2D eigenvalue weighted by molar-refractivity contribution is -0.132. The van der Waals surface area contributed by atoms with E-state index in [0.717, 1.165) is 5.56 Å². The third-order valence-electron chi connectivity index (χ3n) is 6.28. The smallest absolute Gasteiger partial charge is 0.301 e. The molecule has 1 aromatic heterocycles. The fourth-order valence-corrected chi connectivity index (χ4v) is 6.58. The number of aliphatic hydroxyl groups is 1. The number of halogens is 1. The Hall–Kier alpha value is -3.86. The van der Waals surface area contributed by atoms with Crippen LogP contribution in [0.1, 0.15) is 36.6 Å². The molecule has 0 spiro atoms. The van der Waals surface area contributed by atoms with Crippen LogP contribution in [0.3, 0.4) is 0 Å². The molecule has 0 saturated carbocycles. The summed E-state index contributed by atoms with van der Waals surface area (Å²) in [5.74, 6) is -0.151. The number of thioether (sulfide) groups is 1. The second-order valence-corrected chi connectivity index (χ2v) is 11.4. The Labute approximate surface area is 250 Å². The maximum absolute atomic E-state index is 13.5. The summed E-state index contributed by atoms with van der Waals surface area (Å²) in [6, 6.07) is 20.4. The maximum atomic E-state index is 13.5. The van der Waals surface area contributed by atoms with Crippen molar-refractivity contribution in [3.05, 3.63) is 100 Å². The summed E-state index contributed by atoms with van der Waals surface area (Å²) in [7, 11) is 0. The zero-order chi connectivity index (χ0) is 28.9. The van der Waals surface area contributed by atoms with Gasteiger partial charge in [-0.15, -0.1) is 10.2 Å². The van der Waals surface area contributed by atoms with Crippen molar-refractivity contribution in [2.24, 2.45) is 0 Å². The Morgan fingerprint density at radius 2 is 1.71 bits per heavy atom. The molecule has 5 rings (SSSR count). The quantitative estimate of drug-likeness (QED) is 0.0682. The molecule has 0 radical (unpaired) electrons. The third kappa shape index (κ3) is 6.09. The largest absolute Gasteiger partial charge is 0.507 e. The second-order valence-electron chi connectivity index (χ2n) is 8.86. The van der Waals surface area contributed by atoms with Crippen molar-refractivity contribution in [3.63, 3.8) is 0 Å². The molecule has 210 valence electrons. The molecule has 1 aliphatic heterocycles. The van der Waals surface area contributed by atoms with Gasteiger partial charge in [0.1, 0.15) is 17.3 Å². The number of carbonyl (C=O) groups excluding carboxylic acids is 2. The monoisotopic (exact) mass is 607 g/mol. The van der Waals surface area contributed by atoms with Crippen molar-refractivity contribution in [2.75, 3.05) is 18.1 Å². The van der Waals surface area contributed by atoms with Gasteiger partial charge in [-0.05, 0) is 67.4 Å². The fraction of sp³-hybridized carbons (Fsp3) is 0.200. The number of ether oxygens (including phenoxy) is 2. The van der Waals surface area contributed by atoms with Crippen molar-refractivity contribution < 1.29 is 24.2 Å². The van der Waals surface area contributed by atoms with Gasteiger partial charge in [-0.25, -0.2) is 0 Å². The van der Waals surface area contributed by atoms with Gasteiger partial charge in [0.15, 0.2) is 4.34 Å². The predicted octanol–water partition coefficient (Wildman–Crippen LogP) is 6.91. The minimum Gasteiger partial charge on any atom is -0.507 e. The molecule has 1 saturated heterocycles. The molecule has 41 heavy (non-hydrogen) atoms. The van der Waals surface area contributed by atoms with Crippen molar-refractivity contribution in [1.82, 2.24) is 10.2 Å². The Kier molecular flexibility index (Phi) is 8.92. The number of Topliss-reactive ketones (excluding diaryl/α,β-unsaturated/α-hetero) is 1. The van der Waals surface area contributed by atoms with Crippen LogP contribution >= 0.6 is 34.7 Å². The number of hydrogen-bond donors (Lipinski definition) is 1. The highest BCUT2D eigenvalue weighted by atomic mass is 35.5. The lowest BCUT2D eigenvalue weighted by atomic mass is 9.95. The van der Waals surface area contributed by atoms with E-state index in [1.807, 2.05) is 38.1 Å². The molecular formula is C30H26ClN3O5S2. The van der Waals surface area contributed by atoms with Gasteiger partial charge in [0.05, 0.1) is 24.8 Å². The summed E-state index contributed by atoms with van der Waals surface area (Å²) in [6.45, 7) is 4.68. The zero-order valence-corrected chi connectivity index (χ0v) is 24.6. The molecule has 1 aliphatic rings. The second kappa shape index (κ2) is 12.8. The Bertz CT molecular complexity index is 1610. The van der Waals surface area contributed by atoms with Gasteiger partial charge < -0.3 is 14.6 Å². The molecule has 4 aromatic rings. The Balaban J connectivity index is 1.55. The van der Waals surface area contributed by atoms with Gasteiger partial charge in [-0.2, -0.15) is 0 Å². The molecule has 1 N–H and O–H groups in total. The topological polar surface area (TPSA) is 102 Å². The lowest BCUT2D eigenvalue weighted by Gasteiger charge is -2.23. The number of amides is 1. The number of ketones is 1. The molecule has 3 aromatic carbocycles. The van der Waals surface area contributed by atoms with E-state index in [1.165, 1.54) is 28.0 Å². The first-order valence-electron chi connectivity index (χ1n) is 12.9. The van der Waals surface area contributed by atoms with Crippen molar-refractivity contribution in [3.8, 4) is 11.5 Å². The molecule has 1 unspecified atom stereocenters. The minimum atomic E-state index is -0.948. The van der Waals surface area contributed by atoms with Gasteiger partial charge in [0.25, 0.3) is 5.78 Å². The van der Waals surface area contributed by atoms with Crippen LogP contribution < -0.4 is 14.4 Å². The standard InChI is InChI=1S/C30H26ClN3O5S2/c1-3-38-21-14-12-18(13-15-21)26(35)24-25(19-9-7-10-22(16-19)39-4-2)34(28(37)27(24)36)29-32-33-30(41-29)40-17-20-8-5-6-11-23(20)31/h5-16,25,35H,3-4,17H2,1-2H3. The summed E-state index contributed by atoms with van der Waals surface area (Å²) in [5, 5.41) is 20.8. The van der Waals surface area contributed by atoms with Crippen LogP contribution in [-0.4, -0.2) is 40.2 Å². The number of nitrogens with zero attached hydrogens (tertiary/aromatic N) is 3. The highest BCUT2D eigenvalue weighted by molar-refractivity contribution is 8.00. The van der Waals surface area contributed by atoms with Crippen LogP contribution in [0.15, 0.2) is 82.7 Å². The normalized spacial score (nSPS) is 16.3. The first kappa shape index (κ1) is 28.7. The number of aliphatic hydroxyl groups excluding tert-OH is 1. The highest BCUT2D eigenvalue weighted by Crippen LogP contribution is 2.44. The average Bonchev–Trinajstić information content (AvgIpc) is 3.55. The number of carbonyl (C=O) groups is 2. The minimum absolute atomic E-state index is 0.0479. The van der Waals surface area contributed by atoms with Crippen LogP contribution in [0, 0.1) is 0 Å². The summed E-state index contributed by atoms with van der Waals surface area (Å²) in [4.78, 5) is 28.3. The van der Waals surface area contributed by atoms with E-state index in [0.29, 0.717) is 51.0 Å². The number of hydrogen-bond acceptors (Lipinski definition) is 9. The van der Waals surface area contributed by atoms with Crippen LogP contribution in [-0.2, 0) is 15.3 Å². The molecule has 0 aliphatic carbocycles. The van der Waals surface area contributed by atoms with Gasteiger partial charge in [0, 0.05) is 16.3 Å². The fourth-order valence-electron chi connectivity index (χ4n) is 4.43. The van der Waals surface area contributed by atoms with Gasteiger partial charge in [-0.1, -0.05) is 65.0 Å². The van der Waals surface area contributed by atoms with E-state index in [4.69, 9.17) is 21.1 Å². The molecule has 1 amide bonds. The molecule has 1 atom stereocenters. The van der Waals surface area contributed by atoms with Crippen LogP contribution in [0.2, 0.25) is 5.02 Å². The summed E-state index contributed by atoms with van der Waals surface area (Å²) < 4.78 is 11.8. The molecule has 2 heterocycles. The van der Waals surface area contributed by atoms with E-state index >= 15 is 0 Å². The van der Waals surface area contributed by atoms with E-state index in [-0.39, 0.29) is 16.5 Å². The summed E-state index contributed by atoms with van der Waals surface area (Å²) in [5.41, 5.74) is 1.86. The van der Waals surface area contributed by atoms with Crippen LogP contribution in [0.5, 0.6) is 11.5 Å². The molecule has 8 nitrogen and oxygen atoms in total. The lowest BCUT2D eigenvalue weighted by Crippen LogP contribution is -2.29. The number of rotatable bonds is 10. The molecule has 11 heteroatoms. The number of aromatic nitrogens is 2. The van der Waals surface area contributed by atoms with Crippen LogP contribution in [0.25, 0.3) is 5.76 Å². The molecule has 0 bridgehead atoms. The predicted molar refractivity (Wildman–Crippen MR) is 161 cm³/mol. The summed E-state index contributed by atoms with van der Waals surface area (Å²) in [6.07, 6.45) is 0. The Morgan fingerprint density at radius 1 is 0.976 bits per heavy atom. The van der Waals surface area contributed by atoms with Gasteiger partial charge in [0.2, 0.25) is 5.13 Å². The SMILES string of the molecule is CCOc1ccc(C(O)=C2C(=O)C(=O)N(c3nnc(SCc4ccccc4Cl)s3)C2c2cccc(OCC)c2)cc1. The summed E-state index contributed by atoms with van der Waals surface area (Å²) >= 11 is 8.91. The van der Waals surface area contributed by atoms with Crippen molar-refractivity contribution in [2.45, 2.75) is 30.0 Å². The third-order valence-corrected chi connectivity index (χ3v) is 8.75. The first-order valence-corrected chi connectivity index (χ1v) is 15.1. The zero-order valence-electron chi connectivity index (χ0n) is 22.2. The van der Waals surface area contributed by atoms with Crippen LogP contribution in [0.4, 0.5) is 5.13 Å². The molecular weight excluding hydrogens is 582 g/mol. The Morgan fingerprint density at radius 3 is 2.44 bits per heavy atom. The van der Waals surface area contributed by atoms with E-state index in [9.17, 15) is 14.7 Å².